The van der Waals surface area contributed by atoms with E-state index in [1.54, 1.807) is 23.5 Å². The summed E-state index contributed by atoms with van der Waals surface area (Å²) in [4.78, 5) is 62.8. The minimum absolute atomic E-state index is 0.0781. The topological polar surface area (TPSA) is 165 Å². The Labute approximate surface area is 434 Å². The molecule has 4 amide bonds. The number of hydrogen-bond donors (Lipinski definition) is 6. The Hall–Kier alpha value is -3.36. The van der Waals surface area contributed by atoms with Crippen molar-refractivity contribution in [2.45, 2.75) is 164 Å². The number of amides is 4. The molecule has 382 valence electrons. The normalized spacial score (nSPS) is 30.5. The number of hydrogen-bond acceptors (Lipinski definition) is 12. The lowest BCUT2D eigenvalue weighted by atomic mass is 9.83. The molecule has 0 spiro atoms. The van der Waals surface area contributed by atoms with Crippen LogP contribution in [0.15, 0.2) is 48.5 Å². The smallest absolute Gasteiger partial charge is 0.246 e. The molecule has 6 N–H and O–H groups in total. The van der Waals surface area contributed by atoms with Crippen molar-refractivity contribution in [1.29, 1.82) is 0 Å². The molecule has 1 unspecified atom stereocenters. The Morgan fingerprint density at radius 1 is 0.657 bits per heavy atom. The van der Waals surface area contributed by atoms with Crippen LogP contribution >= 0.6 is 48.0 Å². The Kier molecular flexibility index (Phi) is 16.9. The number of thioether (sulfide) groups is 2. The van der Waals surface area contributed by atoms with Gasteiger partial charge in [0.15, 0.2) is 0 Å². The predicted molar refractivity (Wildman–Crippen MR) is 287 cm³/mol. The molecule has 0 aromatic heterocycles. The number of likely N-dealkylation sites (N-methyl/N-ethyl adjacent to an activating group) is 2. The number of rotatable bonds is 17. The second kappa shape index (κ2) is 22.4. The summed E-state index contributed by atoms with van der Waals surface area (Å²) in [5, 5.41) is 19.6. The molecule has 4 aliphatic heterocycles. The highest BCUT2D eigenvalue weighted by Gasteiger charge is 2.57. The Balaban J connectivity index is 0.882. The Bertz CT molecular complexity index is 2130. The number of fused-ring (bicyclic) bond motifs is 4. The Morgan fingerprint density at radius 2 is 1.04 bits per heavy atom. The average Bonchev–Trinajstić information content (AvgIpc) is 3.97. The molecular formula is C52H74N8O6S4. The number of carbonyl (C=O) groups excluding carboxylic acids is 4. The number of nitrogens with one attached hydrogen (secondary N) is 6. The zero-order valence-corrected chi connectivity index (χ0v) is 45.3. The first-order valence-electron chi connectivity index (χ1n) is 25.3. The first kappa shape index (κ1) is 52.9. The third kappa shape index (κ3) is 11.1. The molecule has 2 aromatic rings. The molecule has 2 aromatic carbocycles. The number of nitrogens with zero attached hydrogens (tertiary/aromatic N) is 2. The van der Waals surface area contributed by atoms with Gasteiger partial charge in [-0.05, 0) is 111 Å². The standard InChI is InChI=1S/C52H74N8O6S4/c1-29(53-7)47(67)55-35-19-23-69-39-27-51(3,4)43(59(39)49(35)63)45(61)57-41-33-17-11-9-15-31(33)25-37(41)65-21-13-14-22-66-38-26-32-16-10-12-18-34(32)42(38)58-46(62)44-52(5,6)28-40-60(44)50(64)36(20-24-70-40)56-48(68)30(2)54-8/h9-12,15-18,29-30,35-44,53-54H,13-14,19-28H2,1-8H3,(H,55,67)(H,56,68)(H,57,61)(H,58,62)/t29-,30-,35-,36-,37+,38?,39-,40-,41-,42-,43+,44+/m0/s1. The van der Waals surface area contributed by atoms with E-state index < -0.39 is 35.0 Å². The maximum atomic E-state index is 14.7. The zero-order chi connectivity index (χ0) is 50.1. The molecule has 14 nitrogen and oxygen atoms in total. The lowest BCUT2D eigenvalue weighted by Crippen LogP contribution is -2.58. The lowest BCUT2D eigenvalue weighted by Gasteiger charge is -2.35. The summed E-state index contributed by atoms with van der Waals surface area (Å²) >= 11 is 14.8. The van der Waals surface area contributed by atoms with Crippen molar-refractivity contribution >= 4 is 81.6 Å². The van der Waals surface area contributed by atoms with Crippen LogP contribution in [0.4, 0.5) is 0 Å². The van der Waals surface area contributed by atoms with Crippen molar-refractivity contribution in [3.05, 3.63) is 70.8 Å². The largest absolute Gasteiger partial charge is 0.375 e. The maximum Gasteiger partial charge on any atom is 0.246 e. The summed E-state index contributed by atoms with van der Waals surface area (Å²) in [7, 11) is 3.69. The third-order valence-corrected chi connectivity index (χ3v) is 19.0. The van der Waals surface area contributed by atoms with Gasteiger partial charge < -0.3 is 51.2 Å². The fraction of sp³-hybridized carbons (Fsp3) is 0.654. The van der Waals surface area contributed by atoms with E-state index in [-0.39, 0.29) is 70.8 Å². The summed E-state index contributed by atoms with van der Waals surface area (Å²) in [5.74, 6) is 1.11. The quantitative estimate of drug-likeness (QED) is 0.0890. The second-order valence-electron chi connectivity index (χ2n) is 21.4. The second-order valence-corrected chi connectivity index (χ2v) is 24.8. The SMILES string of the molecule is CN[C@@H](C)C(=S)N[C@H]1CCS[C@H]2CC(C)(C)[C@@H](C(=O)N[C@H]3c4ccccc4CC3OCCCCO[C@@H]3Cc4ccccc4[C@@H]3NC(=O)[C@H]3N4C(=O)[C@@H](NC(=S)[C@H](C)NC)CCS[C@H]4CC3(C)C)N2C1=O. The summed E-state index contributed by atoms with van der Waals surface area (Å²) in [6.45, 7) is 13.3. The van der Waals surface area contributed by atoms with Crippen LogP contribution in [0.1, 0.15) is 114 Å². The van der Waals surface area contributed by atoms with Gasteiger partial charge in [0.05, 0.1) is 57.1 Å². The summed E-state index contributed by atoms with van der Waals surface area (Å²) in [6.07, 6.45) is 4.98. The van der Waals surface area contributed by atoms with Crippen LogP contribution in [0.3, 0.4) is 0 Å². The van der Waals surface area contributed by atoms with Crippen LogP contribution in [-0.2, 0) is 41.5 Å². The number of carbonyl (C=O) groups is 4. The van der Waals surface area contributed by atoms with Crippen LogP contribution in [0, 0.1) is 10.8 Å². The van der Waals surface area contributed by atoms with Gasteiger partial charge >= 0.3 is 0 Å². The highest BCUT2D eigenvalue weighted by molar-refractivity contribution is 8.00. The van der Waals surface area contributed by atoms with E-state index in [0.717, 1.165) is 59.4 Å². The molecule has 70 heavy (non-hydrogen) atoms. The van der Waals surface area contributed by atoms with Gasteiger partial charge in [-0.1, -0.05) is 101 Å². The number of thiocarbonyl (C=S) groups is 2. The van der Waals surface area contributed by atoms with Gasteiger partial charge in [0.2, 0.25) is 23.6 Å². The fourth-order valence-electron chi connectivity index (χ4n) is 11.5. The molecule has 4 fully saturated rings. The first-order valence-corrected chi connectivity index (χ1v) is 28.2. The molecule has 0 bridgehead atoms. The van der Waals surface area contributed by atoms with Crippen LogP contribution < -0.4 is 31.9 Å². The van der Waals surface area contributed by atoms with Crippen molar-refractivity contribution in [2.75, 3.05) is 38.8 Å². The maximum absolute atomic E-state index is 14.7. The summed E-state index contributed by atoms with van der Waals surface area (Å²) in [5.41, 5.74) is 3.49. The van der Waals surface area contributed by atoms with Crippen molar-refractivity contribution in [1.82, 2.24) is 41.7 Å². The van der Waals surface area contributed by atoms with E-state index >= 15 is 0 Å². The fourth-order valence-corrected chi connectivity index (χ4v) is 15.1. The van der Waals surface area contributed by atoms with E-state index in [2.05, 4.69) is 83.9 Å². The van der Waals surface area contributed by atoms with E-state index in [4.69, 9.17) is 33.9 Å². The molecule has 0 radical (unpaired) electrons. The van der Waals surface area contributed by atoms with E-state index in [9.17, 15) is 19.2 Å². The first-order chi connectivity index (χ1) is 33.4. The lowest BCUT2D eigenvalue weighted by molar-refractivity contribution is -0.143. The van der Waals surface area contributed by atoms with E-state index in [1.807, 2.05) is 62.0 Å². The van der Waals surface area contributed by atoms with E-state index in [1.165, 1.54) is 0 Å². The summed E-state index contributed by atoms with van der Waals surface area (Å²) in [6, 6.07) is 13.2. The molecule has 12 atom stereocenters. The molecule has 18 heteroatoms. The van der Waals surface area contributed by atoms with E-state index in [0.29, 0.717) is 48.9 Å². The monoisotopic (exact) mass is 1030 g/mol. The van der Waals surface area contributed by atoms with Gasteiger partial charge in [0.25, 0.3) is 0 Å². The predicted octanol–water partition coefficient (Wildman–Crippen LogP) is 5.33. The highest BCUT2D eigenvalue weighted by Crippen LogP contribution is 2.48. The van der Waals surface area contributed by atoms with Crippen molar-refractivity contribution in [3.63, 3.8) is 0 Å². The molecule has 8 rings (SSSR count). The van der Waals surface area contributed by atoms with Gasteiger partial charge in [0.1, 0.15) is 24.2 Å². The number of unbranched alkanes of at least 4 members (excludes halogenated alkanes) is 1. The van der Waals surface area contributed by atoms with Crippen LogP contribution in [0.2, 0.25) is 0 Å². The van der Waals surface area contributed by atoms with Crippen molar-refractivity contribution < 1.29 is 28.7 Å². The minimum atomic E-state index is -0.653. The van der Waals surface area contributed by atoms with Crippen molar-refractivity contribution in [2.24, 2.45) is 10.8 Å². The van der Waals surface area contributed by atoms with Gasteiger partial charge in [-0.25, -0.2) is 0 Å². The van der Waals surface area contributed by atoms with Crippen LogP contribution in [0.25, 0.3) is 0 Å². The molecule has 0 saturated carbocycles. The number of benzene rings is 2. The zero-order valence-electron chi connectivity index (χ0n) is 42.0. The van der Waals surface area contributed by atoms with Gasteiger partial charge in [-0.15, -0.1) is 23.5 Å². The highest BCUT2D eigenvalue weighted by atomic mass is 32.2. The Morgan fingerprint density at radius 3 is 1.43 bits per heavy atom. The molecule has 6 aliphatic rings. The van der Waals surface area contributed by atoms with Crippen molar-refractivity contribution in [3.8, 4) is 0 Å². The minimum Gasteiger partial charge on any atom is -0.375 e. The van der Waals surface area contributed by atoms with Crippen LogP contribution in [-0.4, -0.2) is 141 Å². The third-order valence-electron chi connectivity index (χ3n) is 15.5. The van der Waals surface area contributed by atoms with Gasteiger partial charge in [-0.3, -0.25) is 19.2 Å². The summed E-state index contributed by atoms with van der Waals surface area (Å²) < 4.78 is 13.3. The number of ether oxygens (including phenoxy) is 2. The molecule has 2 aliphatic carbocycles. The average molecular weight is 1040 g/mol. The van der Waals surface area contributed by atoms with Gasteiger partial charge in [0, 0.05) is 26.1 Å². The van der Waals surface area contributed by atoms with Gasteiger partial charge in [-0.2, -0.15) is 0 Å². The molecule has 4 saturated heterocycles. The molecular weight excluding hydrogens is 961 g/mol. The van der Waals surface area contributed by atoms with Crippen LogP contribution in [0.5, 0.6) is 0 Å². The molecule has 4 heterocycles.